The Balaban J connectivity index is 2.46. The Morgan fingerprint density at radius 2 is 1.89 bits per heavy atom. The molecule has 0 aliphatic carbocycles. The van der Waals surface area contributed by atoms with Gasteiger partial charge in [0.1, 0.15) is 0 Å². The molecule has 1 heterocycles. The third kappa shape index (κ3) is 4.11. The highest BCUT2D eigenvalue weighted by Gasteiger charge is 2.44. The fourth-order valence-corrected chi connectivity index (χ4v) is 2.10. The number of aliphatic carboxylic acids is 1. The van der Waals surface area contributed by atoms with Gasteiger partial charge in [0.15, 0.2) is 0 Å². The van der Waals surface area contributed by atoms with Crippen molar-refractivity contribution < 1.29 is 27.9 Å². The molecule has 1 amide bonds. The molecular weight excluding hydrogens is 263 g/mol. The third-order valence-corrected chi connectivity index (χ3v) is 3.57. The van der Waals surface area contributed by atoms with Crippen molar-refractivity contribution in [3.8, 4) is 0 Å². The molecule has 0 aromatic rings. The van der Waals surface area contributed by atoms with Crippen LogP contribution in [0.4, 0.5) is 13.2 Å². The second kappa shape index (κ2) is 5.38. The Labute approximate surface area is 109 Å². The summed E-state index contributed by atoms with van der Waals surface area (Å²) in [6, 6.07) is 0. The molecule has 19 heavy (non-hydrogen) atoms. The van der Waals surface area contributed by atoms with Crippen molar-refractivity contribution in [2.24, 2.45) is 11.3 Å². The lowest BCUT2D eigenvalue weighted by atomic mass is 9.84. The minimum absolute atomic E-state index is 0.0510. The van der Waals surface area contributed by atoms with Crippen molar-refractivity contribution in [1.82, 2.24) is 4.90 Å². The van der Waals surface area contributed by atoms with Crippen molar-refractivity contribution >= 4 is 11.9 Å². The van der Waals surface area contributed by atoms with Crippen molar-refractivity contribution in [1.29, 1.82) is 0 Å². The quantitative estimate of drug-likeness (QED) is 0.860. The van der Waals surface area contributed by atoms with Crippen LogP contribution in [0.5, 0.6) is 0 Å². The number of nitrogens with zero attached hydrogens (tertiary/aromatic N) is 1. The van der Waals surface area contributed by atoms with Crippen LogP contribution in [-0.4, -0.2) is 41.1 Å². The van der Waals surface area contributed by atoms with E-state index < -0.39 is 23.5 Å². The molecule has 4 nitrogen and oxygen atoms in total. The number of amides is 1. The molecule has 1 N–H and O–H groups in total. The van der Waals surface area contributed by atoms with Gasteiger partial charge in [-0.15, -0.1) is 0 Å². The van der Waals surface area contributed by atoms with E-state index in [4.69, 9.17) is 5.11 Å². The largest absolute Gasteiger partial charge is 0.481 e. The summed E-state index contributed by atoms with van der Waals surface area (Å²) in [6.45, 7) is 3.33. The lowest BCUT2D eigenvalue weighted by Gasteiger charge is -2.21. The molecule has 0 bridgehead atoms. The molecule has 1 saturated heterocycles. The average Bonchev–Trinajstić information content (AvgIpc) is 2.72. The molecule has 1 atom stereocenters. The number of halogens is 3. The number of hydrogen-bond donors (Lipinski definition) is 1. The number of hydrogen-bond acceptors (Lipinski definition) is 2. The van der Waals surface area contributed by atoms with E-state index >= 15 is 0 Å². The molecule has 1 rings (SSSR count). The highest BCUT2D eigenvalue weighted by molar-refractivity contribution is 5.82. The molecule has 1 aliphatic rings. The molecule has 0 aromatic carbocycles. The van der Waals surface area contributed by atoms with E-state index in [0.717, 1.165) is 4.90 Å². The summed E-state index contributed by atoms with van der Waals surface area (Å²) in [7, 11) is 0. The number of carboxylic acids is 1. The van der Waals surface area contributed by atoms with E-state index in [1.165, 1.54) is 0 Å². The molecule has 1 fully saturated rings. The number of alkyl halides is 3. The van der Waals surface area contributed by atoms with Crippen LogP contribution in [0.2, 0.25) is 0 Å². The lowest BCUT2D eigenvalue weighted by Crippen LogP contribution is -2.39. The SMILES string of the molecule is CC(C)(CCC1CCN(C(=O)C(F)(F)F)C1)C(=O)O. The van der Waals surface area contributed by atoms with E-state index in [0.29, 0.717) is 19.3 Å². The Kier molecular flexibility index (Phi) is 4.47. The summed E-state index contributed by atoms with van der Waals surface area (Å²) in [5.74, 6) is -2.77. The van der Waals surface area contributed by atoms with Gasteiger partial charge in [0.05, 0.1) is 5.41 Å². The Morgan fingerprint density at radius 3 is 2.37 bits per heavy atom. The number of likely N-dealkylation sites (tertiary alicyclic amines) is 1. The van der Waals surface area contributed by atoms with Crippen LogP contribution < -0.4 is 0 Å². The number of rotatable bonds is 4. The van der Waals surface area contributed by atoms with Crippen LogP contribution in [0.25, 0.3) is 0 Å². The lowest BCUT2D eigenvalue weighted by molar-refractivity contribution is -0.184. The summed E-state index contributed by atoms with van der Waals surface area (Å²) < 4.78 is 36.7. The molecule has 7 heteroatoms. The van der Waals surface area contributed by atoms with Gasteiger partial charge in [-0.3, -0.25) is 9.59 Å². The van der Waals surface area contributed by atoms with Crippen LogP contribution in [0.3, 0.4) is 0 Å². The van der Waals surface area contributed by atoms with Gasteiger partial charge in [0, 0.05) is 13.1 Å². The van der Waals surface area contributed by atoms with Crippen molar-refractivity contribution in [2.75, 3.05) is 13.1 Å². The van der Waals surface area contributed by atoms with Crippen LogP contribution >= 0.6 is 0 Å². The van der Waals surface area contributed by atoms with Gasteiger partial charge in [-0.25, -0.2) is 0 Å². The van der Waals surface area contributed by atoms with Gasteiger partial charge in [-0.1, -0.05) is 0 Å². The molecular formula is C12H18F3NO3. The van der Waals surface area contributed by atoms with Gasteiger partial charge < -0.3 is 10.0 Å². The molecule has 1 aliphatic heterocycles. The van der Waals surface area contributed by atoms with Gasteiger partial charge >= 0.3 is 18.1 Å². The first-order valence-electron chi connectivity index (χ1n) is 6.13. The van der Waals surface area contributed by atoms with E-state index in [1.807, 2.05) is 0 Å². The number of carboxylic acid groups (broad SMARTS) is 1. The third-order valence-electron chi connectivity index (χ3n) is 3.57. The average molecular weight is 281 g/mol. The van der Waals surface area contributed by atoms with Crippen molar-refractivity contribution in [3.63, 3.8) is 0 Å². The van der Waals surface area contributed by atoms with Crippen LogP contribution in [0.1, 0.15) is 33.1 Å². The van der Waals surface area contributed by atoms with E-state index in [9.17, 15) is 22.8 Å². The van der Waals surface area contributed by atoms with E-state index in [2.05, 4.69) is 0 Å². The molecule has 0 spiro atoms. The van der Waals surface area contributed by atoms with Gasteiger partial charge in [0.2, 0.25) is 0 Å². The first kappa shape index (κ1) is 15.8. The molecule has 0 radical (unpaired) electrons. The maximum absolute atomic E-state index is 12.2. The van der Waals surface area contributed by atoms with E-state index in [-0.39, 0.29) is 19.0 Å². The normalized spacial score (nSPS) is 20.7. The van der Waals surface area contributed by atoms with Gasteiger partial charge in [0.25, 0.3) is 0 Å². The zero-order chi connectivity index (χ0) is 14.8. The summed E-state index contributed by atoms with van der Waals surface area (Å²) in [6.07, 6.45) is -3.42. The van der Waals surface area contributed by atoms with Crippen LogP contribution in [0.15, 0.2) is 0 Å². The molecule has 1 unspecified atom stereocenters. The number of carbonyl (C=O) groups excluding carboxylic acids is 1. The Morgan fingerprint density at radius 1 is 1.32 bits per heavy atom. The monoisotopic (exact) mass is 281 g/mol. The fraction of sp³-hybridized carbons (Fsp3) is 0.833. The standard InChI is InChI=1S/C12H18F3NO3/c1-11(2,10(18)19)5-3-8-4-6-16(7-8)9(17)12(13,14)15/h8H,3-7H2,1-2H3,(H,18,19). The Hall–Kier alpha value is -1.27. The minimum atomic E-state index is -4.82. The van der Waals surface area contributed by atoms with E-state index in [1.54, 1.807) is 13.8 Å². The highest BCUT2D eigenvalue weighted by Crippen LogP contribution is 2.30. The summed E-state index contributed by atoms with van der Waals surface area (Å²) in [5, 5.41) is 8.95. The smallest absolute Gasteiger partial charge is 0.471 e. The first-order valence-corrected chi connectivity index (χ1v) is 6.13. The predicted molar refractivity (Wildman–Crippen MR) is 61.4 cm³/mol. The second-order valence-corrected chi connectivity index (χ2v) is 5.63. The zero-order valence-electron chi connectivity index (χ0n) is 11.0. The first-order chi connectivity index (χ1) is 8.54. The van der Waals surface area contributed by atoms with Gasteiger partial charge in [-0.05, 0) is 39.0 Å². The number of carbonyl (C=O) groups is 2. The van der Waals surface area contributed by atoms with Gasteiger partial charge in [-0.2, -0.15) is 13.2 Å². The topological polar surface area (TPSA) is 57.6 Å². The Bertz CT molecular complexity index is 366. The molecule has 110 valence electrons. The zero-order valence-corrected chi connectivity index (χ0v) is 11.0. The second-order valence-electron chi connectivity index (χ2n) is 5.63. The maximum Gasteiger partial charge on any atom is 0.471 e. The van der Waals surface area contributed by atoms with Crippen LogP contribution in [0, 0.1) is 11.3 Å². The highest BCUT2D eigenvalue weighted by atomic mass is 19.4. The fourth-order valence-electron chi connectivity index (χ4n) is 2.10. The summed E-state index contributed by atoms with van der Waals surface area (Å²) in [5.41, 5.74) is -0.887. The van der Waals surface area contributed by atoms with Crippen LogP contribution in [-0.2, 0) is 9.59 Å². The maximum atomic E-state index is 12.2. The summed E-state index contributed by atoms with van der Waals surface area (Å²) in [4.78, 5) is 22.7. The summed E-state index contributed by atoms with van der Waals surface area (Å²) >= 11 is 0. The molecule has 0 saturated carbocycles. The van der Waals surface area contributed by atoms with Crippen molar-refractivity contribution in [3.05, 3.63) is 0 Å². The molecule has 0 aromatic heterocycles. The van der Waals surface area contributed by atoms with Crippen molar-refractivity contribution in [2.45, 2.75) is 39.3 Å². The predicted octanol–water partition coefficient (Wildman–Crippen LogP) is 2.29. The minimum Gasteiger partial charge on any atom is -0.481 e.